The molecule has 25 heavy (non-hydrogen) atoms. The summed E-state index contributed by atoms with van der Waals surface area (Å²) < 4.78 is 16.3. The summed E-state index contributed by atoms with van der Waals surface area (Å²) in [6, 6.07) is 10.9. The van der Waals surface area contributed by atoms with E-state index in [9.17, 15) is 14.9 Å². The Bertz CT molecular complexity index is 813. The van der Waals surface area contributed by atoms with Crippen LogP contribution in [0.2, 0.25) is 5.02 Å². The summed E-state index contributed by atoms with van der Waals surface area (Å²) in [5.74, 6) is 1.22. The molecule has 2 aromatic carbocycles. The van der Waals surface area contributed by atoms with Crippen molar-refractivity contribution in [3.05, 3.63) is 57.6 Å². The number of non-ortho nitro benzene ring substituents is 1. The molecule has 0 aliphatic carbocycles. The molecule has 0 spiro atoms. The van der Waals surface area contributed by atoms with Gasteiger partial charge in [0.05, 0.1) is 15.6 Å². The van der Waals surface area contributed by atoms with Crippen LogP contribution in [0.1, 0.15) is 0 Å². The molecule has 0 saturated carbocycles. The lowest BCUT2D eigenvalue weighted by Crippen LogP contribution is -2.34. The second-order valence-corrected chi connectivity index (χ2v) is 5.55. The number of para-hydroxylation sites is 2. The van der Waals surface area contributed by atoms with Gasteiger partial charge >= 0.3 is 6.09 Å². The number of fused-ring (bicyclic) bond motifs is 1. The summed E-state index contributed by atoms with van der Waals surface area (Å²) in [7, 11) is 0. The predicted octanol–water partition coefficient (Wildman–Crippen LogP) is 3.64. The minimum absolute atomic E-state index is 0.0230. The largest absolute Gasteiger partial charge is 0.486 e. The van der Waals surface area contributed by atoms with E-state index in [4.69, 9.17) is 25.8 Å². The van der Waals surface area contributed by atoms with E-state index in [-0.39, 0.29) is 29.6 Å². The quantitative estimate of drug-likeness (QED) is 0.656. The molecule has 3 rings (SSSR count). The normalized spacial score (nSPS) is 15.3. The molecular formula is C16H13ClN2O6. The topological polar surface area (TPSA) is 99.9 Å². The number of nitrogens with one attached hydrogen (secondary N) is 1. The van der Waals surface area contributed by atoms with Gasteiger partial charge in [-0.25, -0.2) is 4.79 Å². The van der Waals surface area contributed by atoms with E-state index >= 15 is 0 Å². The van der Waals surface area contributed by atoms with Gasteiger partial charge in [0.2, 0.25) is 0 Å². The van der Waals surface area contributed by atoms with Crippen LogP contribution in [-0.2, 0) is 4.74 Å². The highest BCUT2D eigenvalue weighted by Gasteiger charge is 2.22. The fraction of sp³-hybridized carbons (Fsp3) is 0.188. The van der Waals surface area contributed by atoms with E-state index in [0.717, 1.165) is 6.07 Å². The zero-order valence-electron chi connectivity index (χ0n) is 12.8. The maximum Gasteiger partial charge on any atom is 0.411 e. The Hall–Kier alpha value is -3.00. The third-order valence-corrected chi connectivity index (χ3v) is 3.68. The predicted molar refractivity (Wildman–Crippen MR) is 89.4 cm³/mol. The molecule has 1 unspecified atom stereocenters. The molecular weight excluding hydrogens is 352 g/mol. The summed E-state index contributed by atoms with van der Waals surface area (Å²) in [5, 5.41) is 13.1. The highest BCUT2D eigenvalue weighted by molar-refractivity contribution is 6.33. The Morgan fingerprint density at radius 3 is 2.80 bits per heavy atom. The van der Waals surface area contributed by atoms with Crippen molar-refractivity contribution in [2.75, 3.05) is 18.5 Å². The zero-order valence-corrected chi connectivity index (χ0v) is 13.6. The van der Waals surface area contributed by atoms with E-state index in [2.05, 4.69) is 5.32 Å². The van der Waals surface area contributed by atoms with Crippen LogP contribution in [0.3, 0.4) is 0 Å². The Morgan fingerprint density at radius 2 is 2.08 bits per heavy atom. The smallest absolute Gasteiger partial charge is 0.411 e. The Kier molecular flexibility index (Phi) is 4.90. The fourth-order valence-corrected chi connectivity index (χ4v) is 2.40. The van der Waals surface area contributed by atoms with Crippen LogP contribution in [-0.4, -0.2) is 30.3 Å². The van der Waals surface area contributed by atoms with E-state index in [1.165, 1.54) is 12.1 Å². The molecule has 0 aromatic heterocycles. The SMILES string of the molecule is O=C(Nc1ccc([N+](=O)[O-])cc1Cl)OCC1COc2ccccc2O1. The van der Waals surface area contributed by atoms with Gasteiger partial charge in [-0.05, 0) is 18.2 Å². The van der Waals surface area contributed by atoms with E-state index in [1.54, 1.807) is 12.1 Å². The fourth-order valence-electron chi connectivity index (χ4n) is 2.18. The van der Waals surface area contributed by atoms with Crippen LogP contribution >= 0.6 is 11.6 Å². The van der Waals surface area contributed by atoms with E-state index in [0.29, 0.717) is 11.5 Å². The molecule has 8 nitrogen and oxygen atoms in total. The number of halogens is 1. The number of hydrogen-bond acceptors (Lipinski definition) is 6. The summed E-state index contributed by atoms with van der Waals surface area (Å²) in [4.78, 5) is 21.9. The van der Waals surface area contributed by atoms with Crippen molar-refractivity contribution in [2.24, 2.45) is 0 Å². The van der Waals surface area contributed by atoms with Crippen molar-refractivity contribution in [3.8, 4) is 11.5 Å². The lowest BCUT2D eigenvalue weighted by Gasteiger charge is -2.26. The Labute approximate surface area is 147 Å². The van der Waals surface area contributed by atoms with Crippen LogP contribution in [0.5, 0.6) is 11.5 Å². The Morgan fingerprint density at radius 1 is 1.32 bits per heavy atom. The Balaban J connectivity index is 1.53. The highest BCUT2D eigenvalue weighted by Crippen LogP contribution is 2.31. The number of hydrogen-bond donors (Lipinski definition) is 1. The number of ether oxygens (including phenoxy) is 3. The van der Waals surface area contributed by atoms with Crippen molar-refractivity contribution in [1.82, 2.24) is 0 Å². The number of carbonyl (C=O) groups excluding carboxylic acids is 1. The van der Waals surface area contributed by atoms with E-state index < -0.39 is 17.1 Å². The maximum atomic E-state index is 11.8. The van der Waals surface area contributed by atoms with Gasteiger partial charge in [0.1, 0.15) is 13.2 Å². The molecule has 130 valence electrons. The molecule has 9 heteroatoms. The number of amides is 1. The van der Waals surface area contributed by atoms with Gasteiger partial charge < -0.3 is 14.2 Å². The molecule has 1 N–H and O–H groups in total. The third kappa shape index (κ3) is 4.10. The van der Waals surface area contributed by atoms with Gasteiger partial charge in [-0.3, -0.25) is 15.4 Å². The van der Waals surface area contributed by atoms with Gasteiger partial charge in [-0.2, -0.15) is 0 Å². The first-order valence-electron chi connectivity index (χ1n) is 7.29. The van der Waals surface area contributed by atoms with Gasteiger partial charge in [-0.1, -0.05) is 23.7 Å². The van der Waals surface area contributed by atoms with Crippen LogP contribution in [0, 0.1) is 10.1 Å². The van der Waals surface area contributed by atoms with Crippen molar-refractivity contribution >= 4 is 29.1 Å². The highest BCUT2D eigenvalue weighted by atomic mass is 35.5. The minimum Gasteiger partial charge on any atom is -0.486 e. The summed E-state index contributed by atoms with van der Waals surface area (Å²) in [5.41, 5.74) is 0.0405. The van der Waals surface area contributed by atoms with Crippen molar-refractivity contribution in [3.63, 3.8) is 0 Å². The molecule has 0 radical (unpaired) electrons. The number of rotatable bonds is 4. The molecule has 1 atom stereocenters. The van der Waals surface area contributed by atoms with Gasteiger partial charge in [0.15, 0.2) is 17.6 Å². The monoisotopic (exact) mass is 364 g/mol. The number of nitro benzene ring substituents is 1. The summed E-state index contributed by atoms with van der Waals surface area (Å²) in [6.07, 6.45) is -1.19. The first-order chi connectivity index (χ1) is 12.0. The van der Waals surface area contributed by atoms with Crippen LogP contribution in [0.4, 0.5) is 16.2 Å². The van der Waals surface area contributed by atoms with Gasteiger partial charge in [0, 0.05) is 12.1 Å². The van der Waals surface area contributed by atoms with Crippen molar-refractivity contribution < 1.29 is 23.9 Å². The number of nitro groups is 1. The molecule has 2 aromatic rings. The first-order valence-corrected chi connectivity index (χ1v) is 7.67. The molecule has 0 fully saturated rings. The van der Waals surface area contributed by atoms with Crippen LogP contribution in [0.25, 0.3) is 0 Å². The third-order valence-electron chi connectivity index (χ3n) is 3.37. The van der Waals surface area contributed by atoms with E-state index in [1.807, 2.05) is 12.1 Å². The molecule has 0 saturated heterocycles. The molecule has 1 aliphatic rings. The summed E-state index contributed by atoms with van der Waals surface area (Å²) >= 11 is 5.90. The summed E-state index contributed by atoms with van der Waals surface area (Å²) in [6.45, 7) is 0.230. The number of benzene rings is 2. The van der Waals surface area contributed by atoms with Gasteiger partial charge in [0.25, 0.3) is 5.69 Å². The van der Waals surface area contributed by atoms with Crippen LogP contribution in [0.15, 0.2) is 42.5 Å². The lowest BCUT2D eigenvalue weighted by molar-refractivity contribution is -0.384. The average Bonchev–Trinajstić information content (AvgIpc) is 2.61. The van der Waals surface area contributed by atoms with Crippen LogP contribution < -0.4 is 14.8 Å². The molecule has 0 bridgehead atoms. The zero-order chi connectivity index (χ0) is 17.8. The molecule has 1 aliphatic heterocycles. The second kappa shape index (κ2) is 7.27. The van der Waals surface area contributed by atoms with Gasteiger partial charge in [-0.15, -0.1) is 0 Å². The number of nitrogens with zero attached hydrogens (tertiary/aromatic N) is 1. The van der Waals surface area contributed by atoms with Crippen molar-refractivity contribution in [2.45, 2.75) is 6.10 Å². The lowest BCUT2D eigenvalue weighted by atomic mass is 10.3. The number of carbonyl (C=O) groups is 1. The minimum atomic E-state index is -0.752. The number of anilines is 1. The van der Waals surface area contributed by atoms with Crippen molar-refractivity contribution in [1.29, 1.82) is 0 Å². The average molecular weight is 365 g/mol. The second-order valence-electron chi connectivity index (χ2n) is 5.14. The maximum absolute atomic E-state index is 11.8. The molecule has 1 heterocycles. The standard InChI is InChI=1S/C16H13ClN2O6/c17-12-7-10(19(21)22)5-6-13(12)18-16(20)24-9-11-8-23-14-3-1-2-4-15(14)25-11/h1-7,11H,8-9H2,(H,18,20). The first kappa shape index (κ1) is 16.8. The molecule has 1 amide bonds.